The average molecular weight is 280 g/mol. The predicted molar refractivity (Wildman–Crippen MR) is 85.9 cm³/mol. The zero-order valence-corrected chi connectivity index (χ0v) is 12.5. The van der Waals surface area contributed by atoms with Crippen LogP contribution in [0, 0.1) is 18.3 Å². The molecule has 0 radical (unpaired) electrons. The summed E-state index contributed by atoms with van der Waals surface area (Å²) in [4.78, 5) is 6.76. The van der Waals surface area contributed by atoms with Gasteiger partial charge in [0.2, 0.25) is 0 Å². The maximum absolute atomic E-state index is 9.11. The van der Waals surface area contributed by atoms with Crippen molar-refractivity contribution in [3.8, 4) is 6.07 Å². The minimum atomic E-state index is 0.649. The fraction of sp³-hybridized carbons (Fsp3) is 0.294. The highest BCUT2D eigenvalue weighted by molar-refractivity contribution is 5.48. The molecule has 0 atom stereocenters. The van der Waals surface area contributed by atoms with Crippen LogP contribution in [0.5, 0.6) is 0 Å². The zero-order chi connectivity index (χ0) is 15.2. The molecule has 1 heterocycles. The maximum atomic E-state index is 9.11. The lowest BCUT2D eigenvalue weighted by molar-refractivity contribution is 0.753. The van der Waals surface area contributed by atoms with E-state index in [1.807, 2.05) is 37.3 Å². The van der Waals surface area contributed by atoms with E-state index in [0.717, 1.165) is 36.7 Å². The molecule has 0 aliphatic carbocycles. The Balaban J connectivity index is 2.28. The molecular formula is C17H20N4. The number of aromatic nitrogens is 1. The molecule has 2 rings (SSSR count). The summed E-state index contributed by atoms with van der Waals surface area (Å²) in [6.07, 6.45) is 1.02. The van der Waals surface area contributed by atoms with Crippen molar-refractivity contribution in [3.05, 3.63) is 53.2 Å². The Bertz CT molecular complexity index is 641. The molecule has 4 heteroatoms. The summed E-state index contributed by atoms with van der Waals surface area (Å²) in [6.45, 7) is 5.70. The van der Waals surface area contributed by atoms with Crippen molar-refractivity contribution in [2.24, 2.45) is 0 Å². The third kappa shape index (κ3) is 3.96. The molecule has 0 aliphatic heterocycles. The van der Waals surface area contributed by atoms with Gasteiger partial charge in [0.1, 0.15) is 5.82 Å². The number of hydrogen-bond donors (Lipinski definition) is 1. The van der Waals surface area contributed by atoms with Gasteiger partial charge in [-0.25, -0.2) is 4.98 Å². The number of benzene rings is 1. The molecule has 1 aromatic carbocycles. The lowest BCUT2D eigenvalue weighted by atomic mass is 10.1. The van der Waals surface area contributed by atoms with E-state index in [1.165, 1.54) is 5.56 Å². The van der Waals surface area contributed by atoms with Crippen molar-refractivity contribution in [1.29, 1.82) is 5.26 Å². The molecule has 0 saturated carbocycles. The summed E-state index contributed by atoms with van der Waals surface area (Å²) in [7, 11) is 0. The first-order chi connectivity index (χ1) is 10.1. The Morgan fingerprint density at radius 3 is 2.57 bits per heavy atom. The third-order valence-corrected chi connectivity index (χ3v) is 3.24. The summed E-state index contributed by atoms with van der Waals surface area (Å²) >= 11 is 0. The van der Waals surface area contributed by atoms with Crippen LogP contribution in [0.15, 0.2) is 36.4 Å². The van der Waals surface area contributed by atoms with E-state index in [4.69, 9.17) is 11.0 Å². The molecule has 2 N–H and O–H groups in total. The first kappa shape index (κ1) is 14.9. The van der Waals surface area contributed by atoms with Crippen LogP contribution < -0.4 is 10.6 Å². The van der Waals surface area contributed by atoms with E-state index in [-0.39, 0.29) is 0 Å². The fourth-order valence-electron chi connectivity index (χ4n) is 2.27. The molecule has 108 valence electrons. The maximum Gasteiger partial charge on any atom is 0.130 e. The normalized spacial score (nSPS) is 10.1. The van der Waals surface area contributed by atoms with Gasteiger partial charge in [0.25, 0.3) is 0 Å². The number of pyridine rings is 1. The van der Waals surface area contributed by atoms with E-state index in [2.05, 4.69) is 22.9 Å². The molecule has 0 spiro atoms. The zero-order valence-electron chi connectivity index (χ0n) is 12.5. The Morgan fingerprint density at radius 1 is 1.24 bits per heavy atom. The van der Waals surface area contributed by atoms with Crippen LogP contribution in [0.4, 0.5) is 11.5 Å². The number of nitrogen functional groups attached to an aromatic ring is 1. The predicted octanol–water partition coefficient (Wildman–Crippen LogP) is 3.26. The number of nitriles is 1. The number of nitrogens with zero attached hydrogens (tertiary/aromatic N) is 3. The van der Waals surface area contributed by atoms with Gasteiger partial charge in [-0.1, -0.05) is 19.1 Å². The average Bonchev–Trinajstić information content (AvgIpc) is 2.48. The SMILES string of the molecule is CCCN(Cc1ccc(N)cc1)c1cc(C#N)cc(C)n1. The lowest BCUT2D eigenvalue weighted by Crippen LogP contribution is -2.24. The van der Waals surface area contributed by atoms with E-state index in [0.29, 0.717) is 5.56 Å². The first-order valence-electron chi connectivity index (χ1n) is 7.10. The summed E-state index contributed by atoms with van der Waals surface area (Å²) < 4.78 is 0. The second-order valence-corrected chi connectivity index (χ2v) is 5.13. The Hall–Kier alpha value is -2.54. The summed E-state index contributed by atoms with van der Waals surface area (Å²) in [5, 5.41) is 9.11. The first-order valence-corrected chi connectivity index (χ1v) is 7.10. The summed E-state index contributed by atoms with van der Waals surface area (Å²) in [5.74, 6) is 0.852. The largest absolute Gasteiger partial charge is 0.399 e. The van der Waals surface area contributed by atoms with E-state index >= 15 is 0 Å². The van der Waals surface area contributed by atoms with Crippen molar-refractivity contribution < 1.29 is 0 Å². The van der Waals surface area contributed by atoms with Gasteiger partial charge < -0.3 is 10.6 Å². The number of hydrogen-bond acceptors (Lipinski definition) is 4. The fourth-order valence-corrected chi connectivity index (χ4v) is 2.27. The lowest BCUT2D eigenvalue weighted by Gasteiger charge is -2.24. The van der Waals surface area contributed by atoms with Crippen LogP contribution in [0.1, 0.15) is 30.2 Å². The Kier molecular flexibility index (Phi) is 4.78. The Morgan fingerprint density at radius 2 is 1.95 bits per heavy atom. The highest BCUT2D eigenvalue weighted by Gasteiger charge is 2.10. The molecule has 21 heavy (non-hydrogen) atoms. The van der Waals surface area contributed by atoms with Gasteiger partial charge in [-0.2, -0.15) is 5.26 Å². The van der Waals surface area contributed by atoms with Gasteiger partial charge in [-0.15, -0.1) is 0 Å². The second-order valence-electron chi connectivity index (χ2n) is 5.13. The minimum Gasteiger partial charge on any atom is -0.399 e. The molecule has 0 fully saturated rings. The van der Waals surface area contributed by atoms with Gasteiger partial charge in [0, 0.05) is 24.5 Å². The summed E-state index contributed by atoms with van der Waals surface area (Å²) in [6, 6.07) is 13.7. The standard InChI is InChI=1S/C17H20N4/c1-3-8-21(12-14-4-6-16(19)7-5-14)17-10-15(11-18)9-13(2)20-17/h4-7,9-10H,3,8,12,19H2,1-2H3. The number of aryl methyl sites for hydroxylation is 1. The van der Waals surface area contributed by atoms with Crippen molar-refractivity contribution >= 4 is 11.5 Å². The van der Waals surface area contributed by atoms with E-state index in [9.17, 15) is 0 Å². The molecule has 4 nitrogen and oxygen atoms in total. The van der Waals surface area contributed by atoms with Crippen molar-refractivity contribution in [3.63, 3.8) is 0 Å². The number of anilines is 2. The van der Waals surface area contributed by atoms with Crippen LogP contribution in [0.2, 0.25) is 0 Å². The molecule has 1 aromatic heterocycles. The quantitative estimate of drug-likeness (QED) is 0.854. The van der Waals surface area contributed by atoms with Gasteiger partial charge in [0.15, 0.2) is 0 Å². The Labute approximate surface area is 125 Å². The number of rotatable bonds is 5. The van der Waals surface area contributed by atoms with E-state index in [1.54, 1.807) is 6.07 Å². The molecule has 0 unspecified atom stereocenters. The van der Waals surface area contributed by atoms with Crippen LogP contribution in [-0.4, -0.2) is 11.5 Å². The van der Waals surface area contributed by atoms with Crippen molar-refractivity contribution in [2.45, 2.75) is 26.8 Å². The second kappa shape index (κ2) is 6.76. The van der Waals surface area contributed by atoms with Crippen LogP contribution in [-0.2, 0) is 6.54 Å². The van der Waals surface area contributed by atoms with Crippen LogP contribution in [0.25, 0.3) is 0 Å². The minimum absolute atomic E-state index is 0.649. The summed E-state index contributed by atoms with van der Waals surface area (Å²) in [5.41, 5.74) is 9.18. The molecule has 0 saturated heterocycles. The molecule has 0 bridgehead atoms. The van der Waals surface area contributed by atoms with Gasteiger partial charge in [-0.3, -0.25) is 0 Å². The molecule has 0 aliphatic rings. The van der Waals surface area contributed by atoms with Crippen molar-refractivity contribution in [2.75, 3.05) is 17.2 Å². The van der Waals surface area contributed by atoms with Gasteiger partial charge in [-0.05, 0) is 43.2 Å². The monoisotopic (exact) mass is 280 g/mol. The van der Waals surface area contributed by atoms with Gasteiger partial charge >= 0.3 is 0 Å². The van der Waals surface area contributed by atoms with Crippen molar-refractivity contribution in [1.82, 2.24) is 4.98 Å². The molecular weight excluding hydrogens is 260 g/mol. The van der Waals surface area contributed by atoms with Crippen LogP contribution in [0.3, 0.4) is 0 Å². The van der Waals surface area contributed by atoms with Crippen LogP contribution >= 0.6 is 0 Å². The number of nitrogens with two attached hydrogens (primary N) is 1. The highest BCUT2D eigenvalue weighted by atomic mass is 15.2. The molecule has 2 aromatic rings. The topological polar surface area (TPSA) is 65.9 Å². The van der Waals surface area contributed by atoms with Gasteiger partial charge in [0.05, 0.1) is 11.6 Å². The smallest absolute Gasteiger partial charge is 0.130 e. The van der Waals surface area contributed by atoms with E-state index < -0.39 is 0 Å². The molecule has 0 amide bonds. The highest BCUT2D eigenvalue weighted by Crippen LogP contribution is 2.18. The third-order valence-electron chi connectivity index (χ3n) is 3.24.